The smallest absolute Gasteiger partial charge is 0.160 e. The van der Waals surface area contributed by atoms with Crippen LogP contribution in [0.5, 0.6) is 0 Å². The molecule has 1 heterocycles. The lowest BCUT2D eigenvalue weighted by molar-refractivity contribution is 0.495. The summed E-state index contributed by atoms with van der Waals surface area (Å²) in [6.45, 7) is 15.4. The van der Waals surface area contributed by atoms with Crippen molar-refractivity contribution in [2.24, 2.45) is 10.9 Å². The number of amidine groups is 1. The molecule has 0 radical (unpaired) electrons. The normalized spacial score (nSPS) is 14.1. The van der Waals surface area contributed by atoms with Gasteiger partial charge in [0.05, 0.1) is 0 Å². The fourth-order valence-electron chi connectivity index (χ4n) is 4.20. The van der Waals surface area contributed by atoms with Gasteiger partial charge in [0, 0.05) is 37.6 Å². The average Bonchev–Trinajstić information content (AvgIpc) is 3.61. The standard InChI is InChI=1S/C29H40N6/c1-7-18-32-25(17-16-23-14-15-23)22(5)29-33-28(31-9-3)26(27(30)34(6)19-8-2)35(29)20-24-12-10-21(4)11-13-24/h7,9-13,18,23,30-31H,1,3,8,14-17,19-20H2,2,4-6H3/b25-22+,30-27?,32-18?. The fraction of sp³-hybridized carbons (Fsp3) is 0.414. The molecule has 35 heavy (non-hydrogen) atoms. The zero-order valence-corrected chi connectivity index (χ0v) is 21.8. The van der Waals surface area contributed by atoms with E-state index in [1.165, 1.54) is 18.4 Å². The molecule has 0 bridgehead atoms. The second kappa shape index (κ2) is 12.3. The van der Waals surface area contributed by atoms with Crippen molar-refractivity contribution in [3.05, 3.63) is 78.0 Å². The summed E-state index contributed by atoms with van der Waals surface area (Å²) >= 11 is 0. The van der Waals surface area contributed by atoms with E-state index in [2.05, 4.69) is 68.1 Å². The Labute approximate surface area is 210 Å². The Bertz CT molecular complexity index is 1100. The van der Waals surface area contributed by atoms with Gasteiger partial charge in [-0.25, -0.2) is 4.98 Å². The van der Waals surface area contributed by atoms with E-state index in [1.54, 1.807) is 18.5 Å². The summed E-state index contributed by atoms with van der Waals surface area (Å²) in [6, 6.07) is 8.54. The van der Waals surface area contributed by atoms with Crippen LogP contribution >= 0.6 is 0 Å². The fourth-order valence-corrected chi connectivity index (χ4v) is 4.20. The summed E-state index contributed by atoms with van der Waals surface area (Å²) in [5.41, 5.74) is 5.19. The van der Waals surface area contributed by atoms with E-state index in [4.69, 9.17) is 15.4 Å². The van der Waals surface area contributed by atoms with Crippen LogP contribution in [0.3, 0.4) is 0 Å². The van der Waals surface area contributed by atoms with Gasteiger partial charge < -0.3 is 14.8 Å². The molecule has 6 heteroatoms. The van der Waals surface area contributed by atoms with Gasteiger partial charge in [0.15, 0.2) is 5.82 Å². The number of hydrogen-bond donors (Lipinski definition) is 2. The van der Waals surface area contributed by atoms with Crippen LogP contribution in [-0.4, -0.2) is 40.1 Å². The summed E-state index contributed by atoms with van der Waals surface area (Å²) in [7, 11) is 1.96. The van der Waals surface area contributed by atoms with Gasteiger partial charge in [-0.1, -0.05) is 68.8 Å². The highest BCUT2D eigenvalue weighted by molar-refractivity contribution is 6.00. The van der Waals surface area contributed by atoms with Crippen LogP contribution in [0.1, 0.15) is 68.6 Å². The Morgan fingerprint density at radius 3 is 2.60 bits per heavy atom. The third kappa shape index (κ3) is 6.81. The maximum atomic E-state index is 9.05. The van der Waals surface area contributed by atoms with Gasteiger partial charge in [0.25, 0.3) is 0 Å². The van der Waals surface area contributed by atoms with E-state index in [9.17, 15) is 0 Å². The van der Waals surface area contributed by atoms with E-state index in [1.807, 2.05) is 11.9 Å². The number of rotatable bonds is 13. The molecule has 1 aromatic heterocycles. The van der Waals surface area contributed by atoms with Crippen LogP contribution in [0, 0.1) is 18.3 Å². The first-order valence-corrected chi connectivity index (χ1v) is 12.6. The number of nitrogens with one attached hydrogen (secondary N) is 2. The molecule has 3 rings (SSSR count). The topological polar surface area (TPSA) is 69.3 Å². The Morgan fingerprint density at radius 1 is 1.29 bits per heavy atom. The SMILES string of the molecule is C=CC=N/C(CCC1CC1)=C(\C)c1nc(NC=C)c(C(=N)N(C)CCC)n1Cc1ccc(C)cc1. The second-order valence-electron chi connectivity index (χ2n) is 9.39. The van der Waals surface area contributed by atoms with Crippen LogP contribution < -0.4 is 5.32 Å². The molecule has 0 spiro atoms. The predicted molar refractivity (Wildman–Crippen MR) is 149 cm³/mol. The maximum Gasteiger partial charge on any atom is 0.160 e. The van der Waals surface area contributed by atoms with E-state index in [0.29, 0.717) is 18.2 Å². The Morgan fingerprint density at radius 2 is 2.00 bits per heavy atom. The highest BCUT2D eigenvalue weighted by Gasteiger charge is 2.26. The summed E-state index contributed by atoms with van der Waals surface area (Å²) in [5, 5.41) is 12.2. The summed E-state index contributed by atoms with van der Waals surface area (Å²) in [4.78, 5) is 11.7. The van der Waals surface area contributed by atoms with Crippen molar-refractivity contribution in [2.45, 2.75) is 59.4 Å². The lowest BCUT2D eigenvalue weighted by Crippen LogP contribution is -2.30. The number of benzene rings is 1. The molecule has 0 aliphatic heterocycles. The molecule has 1 saturated carbocycles. The molecule has 0 atom stereocenters. The van der Waals surface area contributed by atoms with Crippen LogP contribution in [0.2, 0.25) is 0 Å². The van der Waals surface area contributed by atoms with Gasteiger partial charge in [-0.3, -0.25) is 10.4 Å². The van der Waals surface area contributed by atoms with E-state index >= 15 is 0 Å². The minimum Gasteiger partial charge on any atom is -0.358 e. The first-order valence-electron chi connectivity index (χ1n) is 12.6. The van der Waals surface area contributed by atoms with Crippen molar-refractivity contribution in [3.8, 4) is 0 Å². The Balaban J connectivity index is 2.18. The number of aliphatic imine (C=N–C) groups is 1. The van der Waals surface area contributed by atoms with Crippen molar-refractivity contribution in [1.29, 1.82) is 5.41 Å². The van der Waals surface area contributed by atoms with Gasteiger partial charge in [-0.05, 0) is 50.8 Å². The first-order chi connectivity index (χ1) is 16.9. The second-order valence-corrected chi connectivity index (χ2v) is 9.39. The third-order valence-electron chi connectivity index (χ3n) is 6.42. The van der Waals surface area contributed by atoms with Crippen LogP contribution in [0.25, 0.3) is 5.57 Å². The lowest BCUT2D eigenvalue weighted by atomic mass is 10.1. The number of aryl methyl sites for hydroxylation is 1. The molecular weight excluding hydrogens is 432 g/mol. The van der Waals surface area contributed by atoms with Crippen molar-refractivity contribution in [1.82, 2.24) is 14.5 Å². The molecule has 2 aromatic rings. The molecule has 1 fully saturated rings. The minimum atomic E-state index is 0.434. The minimum absolute atomic E-state index is 0.434. The molecule has 1 aliphatic carbocycles. The zero-order chi connectivity index (χ0) is 25.4. The first kappa shape index (κ1) is 26.2. The number of aromatic nitrogens is 2. The monoisotopic (exact) mass is 472 g/mol. The van der Waals surface area contributed by atoms with Crippen molar-refractivity contribution < 1.29 is 0 Å². The summed E-state index contributed by atoms with van der Waals surface area (Å²) < 4.78 is 2.15. The molecule has 2 N–H and O–H groups in total. The Kier molecular flexibility index (Phi) is 9.24. The molecule has 0 saturated heterocycles. The van der Waals surface area contributed by atoms with Crippen LogP contribution in [0.15, 0.2) is 60.4 Å². The molecule has 1 aromatic carbocycles. The van der Waals surface area contributed by atoms with Gasteiger partial charge in [0.1, 0.15) is 17.4 Å². The molecule has 1 aliphatic rings. The Hall–Kier alpha value is -3.41. The number of allylic oxidation sites excluding steroid dienone is 3. The predicted octanol–water partition coefficient (Wildman–Crippen LogP) is 6.64. The number of anilines is 1. The highest BCUT2D eigenvalue weighted by Crippen LogP contribution is 2.36. The van der Waals surface area contributed by atoms with Gasteiger partial charge in [0.2, 0.25) is 0 Å². The van der Waals surface area contributed by atoms with Gasteiger partial charge in [-0.2, -0.15) is 0 Å². The molecule has 186 valence electrons. The lowest BCUT2D eigenvalue weighted by Gasteiger charge is -2.22. The zero-order valence-electron chi connectivity index (χ0n) is 21.8. The van der Waals surface area contributed by atoms with Crippen LogP contribution in [0.4, 0.5) is 5.82 Å². The molecular formula is C29H40N6. The maximum absolute atomic E-state index is 9.05. The van der Waals surface area contributed by atoms with Crippen molar-refractivity contribution in [3.63, 3.8) is 0 Å². The van der Waals surface area contributed by atoms with Crippen LogP contribution in [-0.2, 0) is 6.54 Å². The van der Waals surface area contributed by atoms with Gasteiger partial charge >= 0.3 is 0 Å². The summed E-state index contributed by atoms with van der Waals surface area (Å²) in [5.74, 6) is 2.72. The van der Waals surface area contributed by atoms with E-state index in [-0.39, 0.29) is 0 Å². The number of imidazole rings is 1. The third-order valence-corrected chi connectivity index (χ3v) is 6.42. The summed E-state index contributed by atoms with van der Waals surface area (Å²) in [6.07, 6.45) is 10.7. The van der Waals surface area contributed by atoms with Gasteiger partial charge in [-0.15, -0.1) is 0 Å². The number of hydrogen-bond acceptors (Lipinski definition) is 4. The van der Waals surface area contributed by atoms with E-state index in [0.717, 1.165) is 60.1 Å². The van der Waals surface area contributed by atoms with Crippen molar-refractivity contribution >= 4 is 23.4 Å². The molecule has 6 nitrogen and oxygen atoms in total. The van der Waals surface area contributed by atoms with E-state index < -0.39 is 0 Å². The highest BCUT2D eigenvalue weighted by atomic mass is 15.2. The van der Waals surface area contributed by atoms with Crippen molar-refractivity contribution in [2.75, 3.05) is 18.9 Å². The largest absolute Gasteiger partial charge is 0.358 e. The quantitative estimate of drug-likeness (QED) is 0.254. The average molecular weight is 473 g/mol. The molecule has 0 unspecified atom stereocenters. The number of nitrogens with zero attached hydrogens (tertiary/aromatic N) is 4. The molecule has 0 amide bonds.